The number of hydrogen-bond acceptors (Lipinski definition) is 0. The Bertz CT molecular complexity index is 303. The monoisotopic (exact) mass is 554 g/mol. The Morgan fingerprint density at radius 2 is 1.11 bits per heavy atom. The van der Waals surface area contributed by atoms with Gasteiger partial charge in [0, 0.05) is 25.8 Å². The summed E-state index contributed by atoms with van der Waals surface area (Å²) in [5.74, 6) is 1.32. The van der Waals surface area contributed by atoms with Crippen molar-refractivity contribution in [3.63, 3.8) is 0 Å². The van der Waals surface area contributed by atoms with Crippen LogP contribution >= 0.6 is 34.0 Å². The second kappa shape index (κ2) is 13.8. The van der Waals surface area contributed by atoms with Crippen LogP contribution in [0.15, 0.2) is 35.5 Å². The Labute approximate surface area is 158 Å². The minimum atomic E-state index is 0. The maximum atomic E-state index is 3.26. The fourth-order valence-corrected chi connectivity index (χ4v) is 1.64. The molecule has 0 nitrogen and oxygen atoms in total. The van der Waals surface area contributed by atoms with E-state index in [2.05, 4.69) is 64.2 Å². The van der Waals surface area contributed by atoms with Gasteiger partial charge in [0.15, 0.2) is 0 Å². The molecule has 0 heterocycles. The van der Waals surface area contributed by atoms with Crippen molar-refractivity contribution in [2.75, 3.05) is 0 Å². The average Bonchev–Trinajstić information content (AvgIpc) is 2.93. The van der Waals surface area contributed by atoms with Gasteiger partial charge in [-0.1, -0.05) is 39.5 Å². The summed E-state index contributed by atoms with van der Waals surface area (Å²) in [6.07, 6.45) is 17.2. The Hall–Kier alpha value is 0.790. The van der Waals surface area contributed by atoms with E-state index in [1.165, 1.54) is 11.1 Å². The van der Waals surface area contributed by atoms with Gasteiger partial charge in [0.05, 0.1) is 0 Å². The average molecular weight is 555 g/mol. The van der Waals surface area contributed by atoms with Gasteiger partial charge in [-0.2, -0.15) is 12.2 Å². The molecule has 19 heavy (non-hydrogen) atoms. The summed E-state index contributed by atoms with van der Waals surface area (Å²) in [5.41, 5.74) is 2.73. The largest absolute Gasteiger partial charge is 0.269 e. The molecule has 0 saturated carbocycles. The van der Waals surface area contributed by atoms with E-state index < -0.39 is 0 Å². The maximum Gasteiger partial charge on any atom is 0 e. The van der Waals surface area contributed by atoms with E-state index in [0.717, 1.165) is 12.8 Å². The summed E-state index contributed by atoms with van der Waals surface area (Å²) in [7, 11) is 0. The molecule has 2 aliphatic rings. The molecule has 2 rings (SSSR count). The Balaban J connectivity index is -0.000000233. The Kier molecular flexibility index (Phi) is 17.9. The first kappa shape index (κ1) is 24.8. The summed E-state index contributed by atoms with van der Waals surface area (Å²) in [4.78, 5) is 0. The van der Waals surface area contributed by atoms with Crippen molar-refractivity contribution in [3.8, 4) is 0 Å². The van der Waals surface area contributed by atoms with Crippen LogP contribution in [0, 0.1) is 24.0 Å². The molecule has 0 aromatic rings. The van der Waals surface area contributed by atoms with E-state index in [9.17, 15) is 0 Å². The fourth-order valence-electron chi connectivity index (χ4n) is 1.64. The van der Waals surface area contributed by atoms with Crippen molar-refractivity contribution in [1.29, 1.82) is 0 Å². The molecule has 0 N–H and O–H groups in total. The van der Waals surface area contributed by atoms with E-state index in [1.807, 2.05) is 0 Å². The number of rotatable bonds is 2. The first-order chi connectivity index (χ1) is 7.61. The van der Waals surface area contributed by atoms with Crippen LogP contribution in [0.1, 0.15) is 40.5 Å². The number of allylic oxidation sites excluding steroid dienone is 8. The van der Waals surface area contributed by atoms with Crippen molar-refractivity contribution in [2.45, 2.75) is 40.5 Å². The molecule has 0 amide bonds. The van der Waals surface area contributed by atoms with Crippen molar-refractivity contribution in [1.82, 2.24) is 0 Å². The van der Waals surface area contributed by atoms with Crippen molar-refractivity contribution >= 4 is 34.0 Å². The first-order valence-electron chi connectivity index (χ1n) is 6.15. The van der Waals surface area contributed by atoms with Crippen LogP contribution in [0.2, 0.25) is 0 Å². The zero-order valence-corrected chi connectivity index (χ0v) is 19.2. The molecular formula is C16H24Br2Hf-2. The summed E-state index contributed by atoms with van der Waals surface area (Å²) < 4.78 is 0. The van der Waals surface area contributed by atoms with E-state index in [-0.39, 0.29) is 59.8 Å². The molecule has 0 atom stereocenters. The van der Waals surface area contributed by atoms with Gasteiger partial charge < -0.3 is 0 Å². The standard InChI is InChI=1S/2C8H11.2BrH.Hf/c2*1-7(2)8-5-3-4-6-8;;;/h2*3,5,7H,4H2,1-2H3;2*1H;/q2*-1;;;. The minimum absolute atomic E-state index is 0. The van der Waals surface area contributed by atoms with E-state index in [0.29, 0.717) is 11.8 Å². The molecule has 2 aliphatic carbocycles. The second-order valence-corrected chi connectivity index (χ2v) is 4.79. The predicted molar refractivity (Wildman–Crippen MR) is 91.3 cm³/mol. The van der Waals surface area contributed by atoms with E-state index in [4.69, 9.17) is 0 Å². The summed E-state index contributed by atoms with van der Waals surface area (Å²) >= 11 is 0. The SMILES string of the molecule is Br.Br.CC(C)C1=[C-]CC=C1.CC(C)C1=[C-]CC=C1.[Hf]. The molecule has 0 spiro atoms. The molecule has 0 aromatic carbocycles. The number of halogens is 2. The molecule has 0 bridgehead atoms. The second-order valence-electron chi connectivity index (χ2n) is 4.79. The molecule has 3 heteroatoms. The van der Waals surface area contributed by atoms with Gasteiger partial charge in [0.2, 0.25) is 0 Å². The Morgan fingerprint density at radius 1 is 0.789 bits per heavy atom. The topological polar surface area (TPSA) is 0 Å². The first-order valence-corrected chi connectivity index (χ1v) is 6.15. The third-order valence-electron chi connectivity index (χ3n) is 2.69. The predicted octanol–water partition coefficient (Wildman–Crippen LogP) is 5.82. The van der Waals surface area contributed by atoms with Gasteiger partial charge >= 0.3 is 0 Å². The van der Waals surface area contributed by atoms with Crippen LogP contribution in [0.25, 0.3) is 0 Å². The summed E-state index contributed by atoms with van der Waals surface area (Å²) in [5, 5.41) is 0. The van der Waals surface area contributed by atoms with Crippen LogP contribution in [0.5, 0.6) is 0 Å². The van der Waals surface area contributed by atoms with Crippen LogP contribution in [0.4, 0.5) is 0 Å². The van der Waals surface area contributed by atoms with Gasteiger partial charge in [0.25, 0.3) is 0 Å². The van der Waals surface area contributed by atoms with Crippen molar-refractivity contribution in [2.24, 2.45) is 11.8 Å². The molecule has 108 valence electrons. The quantitative estimate of drug-likeness (QED) is 0.298. The van der Waals surface area contributed by atoms with Crippen LogP contribution in [-0.2, 0) is 25.8 Å². The third-order valence-corrected chi connectivity index (χ3v) is 2.69. The molecule has 0 fully saturated rings. The molecular weight excluding hydrogens is 530 g/mol. The van der Waals surface area contributed by atoms with Gasteiger partial charge in [0.1, 0.15) is 0 Å². The fraction of sp³-hybridized carbons (Fsp3) is 0.500. The van der Waals surface area contributed by atoms with Crippen LogP contribution < -0.4 is 0 Å². The van der Waals surface area contributed by atoms with E-state index >= 15 is 0 Å². The summed E-state index contributed by atoms with van der Waals surface area (Å²) in [6.45, 7) is 8.77. The maximum absolute atomic E-state index is 3.26. The number of hydrogen-bond donors (Lipinski definition) is 0. The van der Waals surface area contributed by atoms with Crippen molar-refractivity contribution in [3.05, 3.63) is 47.6 Å². The smallest absolute Gasteiger partial charge is 0 e. The summed E-state index contributed by atoms with van der Waals surface area (Å²) in [6, 6.07) is 0. The van der Waals surface area contributed by atoms with Gasteiger partial charge in [-0.25, -0.2) is 23.3 Å². The zero-order valence-electron chi connectivity index (χ0n) is 12.2. The van der Waals surface area contributed by atoms with Gasteiger partial charge in [-0.3, -0.25) is 12.2 Å². The molecule has 0 aromatic heterocycles. The molecule has 0 saturated heterocycles. The zero-order chi connectivity index (χ0) is 12.0. The molecule has 0 radical (unpaired) electrons. The van der Waals surface area contributed by atoms with Crippen molar-refractivity contribution < 1.29 is 25.8 Å². The van der Waals surface area contributed by atoms with E-state index in [1.54, 1.807) is 0 Å². The van der Waals surface area contributed by atoms with Crippen LogP contribution in [-0.4, -0.2) is 0 Å². The van der Waals surface area contributed by atoms with Gasteiger partial charge in [-0.05, 0) is 0 Å². The normalized spacial score (nSPS) is 14.8. The van der Waals surface area contributed by atoms with Crippen LogP contribution in [0.3, 0.4) is 0 Å². The third kappa shape index (κ3) is 10.2. The van der Waals surface area contributed by atoms with Gasteiger partial charge in [-0.15, -0.1) is 46.8 Å². The molecule has 0 unspecified atom stereocenters. The Morgan fingerprint density at radius 3 is 1.21 bits per heavy atom. The minimum Gasteiger partial charge on any atom is -0.269 e. The molecule has 0 aliphatic heterocycles.